The highest BCUT2D eigenvalue weighted by atomic mass is 127. The van der Waals surface area contributed by atoms with Gasteiger partial charge in [-0.2, -0.15) is 0 Å². The van der Waals surface area contributed by atoms with Gasteiger partial charge in [0, 0.05) is 38.2 Å². The maximum Gasteiger partial charge on any atom is 0.191 e. The molecule has 2 N–H and O–H groups in total. The summed E-state index contributed by atoms with van der Waals surface area (Å²) in [4.78, 5) is 6.94. The van der Waals surface area contributed by atoms with E-state index < -0.39 is 0 Å². The lowest BCUT2D eigenvalue weighted by atomic mass is 10.1. The average Bonchev–Trinajstić information content (AvgIpc) is 3.27. The first-order chi connectivity index (χ1) is 11.7. The van der Waals surface area contributed by atoms with Crippen LogP contribution < -0.4 is 10.6 Å². The highest BCUT2D eigenvalue weighted by Gasteiger charge is 2.20. The molecule has 0 radical (unpaired) electrons. The van der Waals surface area contributed by atoms with Crippen LogP contribution in [0.25, 0.3) is 0 Å². The Hall–Kier alpha value is -0.830. The Bertz CT molecular complexity index is 504. The third-order valence-electron chi connectivity index (χ3n) is 4.90. The second-order valence-electron chi connectivity index (χ2n) is 6.35. The van der Waals surface area contributed by atoms with Crippen molar-refractivity contribution >= 4 is 29.9 Å². The molecule has 1 aliphatic heterocycles. The van der Waals surface area contributed by atoms with Crippen LogP contribution in [-0.2, 0) is 19.4 Å². The Balaban J connectivity index is 0.00000312. The second-order valence-corrected chi connectivity index (χ2v) is 6.35. The highest BCUT2D eigenvalue weighted by molar-refractivity contribution is 14.0. The van der Waals surface area contributed by atoms with E-state index in [2.05, 4.69) is 46.5 Å². The highest BCUT2D eigenvalue weighted by Crippen LogP contribution is 2.15. The largest absolute Gasteiger partial charge is 0.361 e. The van der Waals surface area contributed by atoms with Gasteiger partial charge in [0.2, 0.25) is 0 Å². The van der Waals surface area contributed by atoms with E-state index in [1.807, 2.05) is 7.05 Å². The first-order valence-corrected chi connectivity index (χ1v) is 9.38. The van der Waals surface area contributed by atoms with E-state index >= 15 is 0 Å². The van der Waals surface area contributed by atoms with Gasteiger partial charge in [0.1, 0.15) is 5.76 Å². The minimum atomic E-state index is 0. The minimum Gasteiger partial charge on any atom is -0.361 e. The molecule has 6 nitrogen and oxygen atoms in total. The maximum absolute atomic E-state index is 5.43. The molecular weight excluding hydrogens is 429 g/mol. The van der Waals surface area contributed by atoms with Gasteiger partial charge in [-0.25, -0.2) is 0 Å². The zero-order valence-electron chi connectivity index (χ0n) is 16.1. The van der Waals surface area contributed by atoms with E-state index in [-0.39, 0.29) is 24.0 Å². The smallest absolute Gasteiger partial charge is 0.191 e. The Morgan fingerprint density at radius 1 is 1.20 bits per heavy atom. The number of nitrogens with zero attached hydrogens (tertiary/aromatic N) is 3. The van der Waals surface area contributed by atoms with Crippen LogP contribution in [0.5, 0.6) is 0 Å². The summed E-state index contributed by atoms with van der Waals surface area (Å²) in [5.74, 6) is 1.82. The van der Waals surface area contributed by atoms with Gasteiger partial charge in [0.15, 0.2) is 5.96 Å². The number of nitrogens with one attached hydrogen (secondary N) is 2. The van der Waals surface area contributed by atoms with E-state index in [0.717, 1.165) is 43.2 Å². The molecule has 0 saturated carbocycles. The van der Waals surface area contributed by atoms with Crippen LogP contribution in [-0.4, -0.2) is 48.7 Å². The molecule has 2 rings (SSSR count). The van der Waals surface area contributed by atoms with Gasteiger partial charge in [0.25, 0.3) is 0 Å². The van der Waals surface area contributed by atoms with Crippen LogP contribution in [0.15, 0.2) is 9.52 Å². The van der Waals surface area contributed by atoms with Crippen LogP contribution >= 0.6 is 24.0 Å². The van der Waals surface area contributed by atoms with Crippen LogP contribution in [0.1, 0.15) is 57.1 Å². The summed E-state index contributed by atoms with van der Waals surface area (Å²) in [6, 6.07) is 0.582. The van der Waals surface area contributed by atoms with E-state index in [0.29, 0.717) is 12.6 Å². The molecule has 144 valence electrons. The Morgan fingerprint density at radius 2 is 1.92 bits per heavy atom. The zero-order chi connectivity index (χ0) is 17.4. The van der Waals surface area contributed by atoms with Crippen molar-refractivity contribution in [2.45, 2.75) is 65.5 Å². The lowest BCUT2D eigenvalue weighted by molar-refractivity contribution is 0.236. The van der Waals surface area contributed by atoms with Gasteiger partial charge in [-0.15, -0.1) is 24.0 Å². The number of guanidine groups is 1. The molecule has 1 saturated heterocycles. The molecule has 7 heteroatoms. The van der Waals surface area contributed by atoms with Crippen molar-refractivity contribution in [3.05, 3.63) is 17.0 Å². The number of aliphatic imine (C=N–C) groups is 1. The standard InChI is InChI=1S/C18H33N5O.HI/c1-5-14(23-10-8-9-11-23)12-20-18(19-4)21-13-15-16(6-2)22-24-17(15)7-3;/h14H,5-13H2,1-4H3,(H2,19,20,21);1H. The molecular formula is C18H34IN5O. The van der Waals surface area contributed by atoms with Gasteiger partial charge in [-0.05, 0) is 38.8 Å². The van der Waals surface area contributed by atoms with Gasteiger partial charge in [-0.3, -0.25) is 9.89 Å². The summed E-state index contributed by atoms with van der Waals surface area (Å²) < 4.78 is 5.43. The van der Waals surface area contributed by atoms with E-state index in [9.17, 15) is 0 Å². The molecule has 1 aromatic rings. The number of rotatable bonds is 8. The van der Waals surface area contributed by atoms with Crippen molar-refractivity contribution in [1.82, 2.24) is 20.7 Å². The van der Waals surface area contributed by atoms with E-state index in [4.69, 9.17) is 4.52 Å². The third kappa shape index (κ3) is 6.13. The fourth-order valence-electron chi connectivity index (χ4n) is 3.38. The molecule has 0 spiro atoms. The molecule has 1 unspecified atom stereocenters. The van der Waals surface area contributed by atoms with Crippen molar-refractivity contribution < 1.29 is 4.52 Å². The summed E-state index contributed by atoms with van der Waals surface area (Å²) in [5, 5.41) is 11.1. The minimum absolute atomic E-state index is 0. The summed E-state index contributed by atoms with van der Waals surface area (Å²) in [7, 11) is 1.82. The second kappa shape index (κ2) is 11.7. The first kappa shape index (κ1) is 22.2. The first-order valence-electron chi connectivity index (χ1n) is 9.38. The molecule has 0 aromatic carbocycles. The molecule has 0 amide bonds. The van der Waals surface area contributed by atoms with Crippen LogP contribution in [0.2, 0.25) is 0 Å². The van der Waals surface area contributed by atoms with E-state index in [1.165, 1.54) is 31.5 Å². The summed E-state index contributed by atoms with van der Waals surface area (Å²) in [5.41, 5.74) is 2.22. The summed E-state index contributed by atoms with van der Waals surface area (Å²) in [6.07, 6.45) is 5.57. The van der Waals surface area contributed by atoms with Crippen molar-refractivity contribution in [3.8, 4) is 0 Å². The number of aryl methyl sites for hydroxylation is 2. The fourth-order valence-corrected chi connectivity index (χ4v) is 3.38. The van der Waals surface area contributed by atoms with Crippen molar-refractivity contribution in [2.24, 2.45) is 4.99 Å². The van der Waals surface area contributed by atoms with Gasteiger partial charge < -0.3 is 15.2 Å². The SMILES string of the molecule is CCc1noc(CC)c1CNC(=NC)NCC(CC)N1CCCC1.I. The molecule has 1 fully saturated rings. The number of likely N-dealkylation sites (tertiary alicyclic amines) is 1. The van der Waals surface area contributed by atoms with E-state index in [1.54, 1.807) is 0 Å². The third-order valence-corrected chi connectivity index (χ3v) is 4.90. The predicted octanol–water partition coefficient (Wildman–Crippen LogP) is 2.96. The summed E-state index contributed by atoms with van der Waals surface area (Å²) in [6.45, 7) is 10.6. The average molecular weight is 463 g/mol. The topological polar surface area (TPSA) is 65.7 Å². The molecule has 1 aromatic heterocycles. The maximum atomic E-state index is 5.43. The Morgan fingerprint density at radius 3 is 2.48 bits per heavy atom. The molecule has 1 aliphatic rings. The van der Waals surface area contributed by atoms with Crippen LogP contribution in [0.4, 0.5) is 0 Å². The lowest BCUT2D eigenvalue weighted by Gasteiger charge is -2.27. The van der Waals surface area contributed by atoms with Crippen molar-refractivity contribution in [2.75, 3.05) is 26.7 Å². The number of hydrogen-bond acceptors (Lipinski definition) is 4. The number of hydrogen-bond donors (Lipinski definition) is 2. The molecule has 1 atom stereocenters. The van der Waals surface area contributed by atoms with Gasteiger partial charge in [-0.1, -0.05) is 25.9 Å². The Labute approximate surface area is 169 Å². The number of aromatic nitrogens is 1. The monoisotopic (exact) mass is 463 g/mol. The fraction of sp³-hybridized carbons (Fsp3) is 0.778. The van der Waals surface area contributed by atoms with Crippen LogP contribution in [0.3, 0.4) is 0 Å². The molecule has 25 heavy (non-hydrogen) atoms. The quantitative estimate of drug-likeness (QED) is 0.353. The van der Waals surface area contributed by atoms with Gasteiger partial charge in [0.05, 0.1) is 5.69 Å². The Kier molecular flexibility index (Phi) is 10.4. The molecule has 0 aliphatic carbocycles. The normalized spacial score (nSPS) is 16.6. The van der Waals surface area contributed by atoms with Crippen molar-refractivity contribution in [1.29, 1.82) is 0 Å². The van der Waals surface area contributed by atoms with Gasteiger partial charge >= 0.3 is 0 Å². The lowest BCUT2D eigenvalue weighted by Crippen LogP contribution is -2.46. The number of halogens is 1. The van der Waals surface area contributed by atoms with Crippen molar-refractivity contribution in [3.63, 3.8) is 0 Å². The molecule has 2 heterocycles. The van der Waals surface area contributed by atoms with Crippen LogP contribution in [0, 0.1) is 0 Å². The molecule has 0 bridgehead atoms. The summed E-state index contributed by atoms with van der Waals surface area (Å²) >= 11 is 0. The predicted molar refractivity (Wildman–Crippen MR) is 114 cm³/mol. The zero-order valence-corrected chi connectivity index (χ0v) is 18.4.